The summed E-state index contributed by atoms with van der Waals surface area (Å²) >= 11 is 0. The third kappa shape index (κ3) is 4.72. The molecule has 0 spiro atoms. The van der Waals surface area contributed by atoms with Crippen LogP contribution in [0.25, 0.3) is 0 Å². The highest BCUT2D eigenvalue weighted by atomic mass is 32.2. The predicted octanol–water partition coefficient (Wildman–Crippen LogP) is 2.69. The summed E-state index contributed by atoms with van der Waals surface area (Å²) in [5.74, 6) is -1.00. The average Bonchev–Trinajstić information content (AvgIpc) is 3.00. The van der Waals surface area contributed by atoms with Gasteiger partial charge in [0.25, 0.3) is 0 Å². The van der Waals surface area contributed by atoms with Crippen molar-refractivity contribution >= 4 is 15.7 Å². The molecule has 0 saturated carbocycles. The van der Waals surface area contributed by atoms with Gasteiger partial charge in [0.2, 0.25) is 5.91 Å². The van der Waals surface area contributed by atoms with Gasteiger partial charge in [-0.1, -0.05) is 23.8 Å². The highest BCUT2D eigenvalue weighted by molar-refractivity contribution is 7.92. The summed E-state index contributed by atoms with van der Waals surface area (Å²) in [6.45, 7) is 10.2. The van der Waals surface area contributed by atoms with Gasteiger partial charge in [0, 0.05) is 19.8 Å². The van der Waals surface area contributed by atoms with Crippen molar-refractivity contribution in [2.45, 2.75) is 51.6 Å². The smallest absolute Gasteiger partial charge is 0.238 e. The molecule has 142 valence electrons. The van der Waals surface area contributed by atoms with Gasteiger partial charge in [-0.15, -0.1) is 0 Å². The molecule has 7 heteroatoms. The van der Waals surface area contributed by atoms with Gasteiger partial charge < -0.3 is 4.90 Å². The van der Waals surface area contributed by atoms with E-state index in [1.54, 1.807) is 11.7 Å². The maximum atomic E-state index is 12.6. The van der Waals surface area contributed by atoms with Crippen LogP contribution in [-0.4, -0.2) is 41.8 Å². The van der Waals surface area contributed by atoms with Crippen LogP contribution in [0.5, 0.6) is 0 Å². The zero-order valence-corrected chi connectivity index (χ0v) is 17.1. The van der Waals surface area contributed by atoms with E-state index in [1.165, 1.54) is 17.3 Å². The predicted molar refractivity (Wildman–Crippen MR) is 102 cm³/mol. The average molecular weight is 378 g/mol. The lowest BCUT2D eigenvalue weighted by Crippen LogP contribution is -2.32. The normalized spacial score (nSPS) is 12.2. The molecular formula is C19H27N3O3S. The molecule has 1 heterocycles. The Morgan fingerprint density at radius 1 is 1.23 bits per heavy atom. The van der Waals surface area contributed by atoms with Crippen LogP contribution in [0.4, 0.5) is 0 Å². The number of aromatic nitrogens is 2. The molecule has 0 N–H and O–H groups in total. The standard InChI is InChI=1S/C19H27N3O3S/c1-14-7-8-16(15(2)9-14)11-21(6)18(23)13-26(24,25)17-10-20-22(12-17)19(3,4)5/h7-10,12H,11,13H2,1-6H3. The lowest BCUT2D eigenvalue weighted by molar-refractivity contribution is -0.127. The minimum atomic E-state index is -3.73. The zero-order valence-electron chi connectivity index (χ0n) is 16.3. The summed E-state index contributed by atoms with van der Waals surface area (Å²) < 4.78 is 26.7. The molecule has 1 aromatic heterocycles. The number of hydrogen-bond acceptors (Lipinski definition) is 4. The van der Waals surface area contributed by atoms with Gasteiger partial charge >= 0.3 is 0 Å². The lowest BCUT2D eigenvalue weighted by Gasteiger charge is -2.19. The fraction of sp³-hybridized carbons (Fsp3) is 0.474. The highest BCUT2D eigenvalue weighted by Crippen LogP contribution is 2.18. The van der Waals surface area contributed by atoms with Crippen LogP contribution in [0.2, 0.25) is 0 Å². The molecule has 0 aliphatic carbocycles. The maximum absolute atomic E-state index is 12.6. The number of carbonyl (C=O) groups is 1. The molecule has 0 atom stereocenters. The second kappa shape index (κ2) is 7.23. The van der Waals surface area contributed by atoms with Crippen molar-refractivity contribution in [3.05, 3.63) is 47.3 Å². The van der Waals surface area contributed by atoms with E-state index in [9.17, 15) is 13.2 Å². The Morgan fingerprint density at radius 3 is 2.42 bits per heavy atom. The van der Waals surface area contributed by atoms with Crippen LogP contribution in [0.1, 0.15) is 37.5 Å². The Balaban J connectivity index is 2.11. The van der Waals surface area contributed by atoms with Gasteiger partial charge in [0.15, 0.2) is 9.84 Å². The van der Waals surface area contributed by atoms with E-state index >= 15 is 0 Å². The maximum Gasteiger partial charge on any atom is 0.238 e. The second-order valence-electron chi connectivity index (χ2n) is 7.73. The Morgan fingerprint density at radius 2 is 1.88 bits per heavy atom. The van der Waals surface area contributed by atoms with Crippen LogP contribution in [0, 0.1) is 13.8 Å². The van der Waals surface area contributed by atoms with E-state index in [0.29, 0.717) is 6.54 Å². The van der Waals surface area contributed by atoms with E-state index < -0.39 is 21.5 Å². The van der Waals surface area contributed by atoms with Crippen molar-refractivity contribution in [1.82, 2.24) is 14.7 Å². The Hall–Kier alpha value is -2.15. The van der Waals surface area contributed by atoms with Crippen molar-refractivity contribution in [1.29, 1.82) is 0 Å². The molecule has 0 aliphatic heterocycles. The topological polar surface area (TPSA) is 72.3 Å². The van der Waals surface area contributed by atoms with Crippen LogP contribution < -0.4 is 0 Å². The van der Waals surface area contributed by atoms with Crippen molar-refractivity contribution in [3.8, 4) is 0 Å². The van der Waals surface area contributed by atoms with Gasteiger partial charge in [0.05, 0.1) is 11.7 Å². The van der Waals surface area contributed by atoms with Crippen molar-refractivity contribution in [2.75, 3.05) is 12.8 Å². The van der Waals surface area contributed by atoms with E-state index in [-0.39, 0.29) is 10.4 Å². The Kier molecular flexibility index (Phi) is 5.61. The highest BCUT2D eigenvalue weighted by Gasteiger charge is 2.25. The summed E-state index contributed by atoms with van der Waals surface area (Å²) in [6, 6.07) is 6.00. The van der Waals surface area contributed by atoms with Gasteiger partial charge in [-0.05, 0) is 45.7 Å². The van der Waals surface area contributed by atoms with Crippen LogP contribution >= 0.6 is 0 Å². The molecule has 0 radical (unpaired) electrons. The number of sulfone groups is 1. The van der Waals surface area contributed by atoms with Gasteiger partial charge in [-0.25, -0.2) is 8.42 Å². The number of carbonyl (C=O) groups excluding carboxylic acids is 1. The van der Waals surface area contributed by atoms with Gasteiger partial charge in [0.1, 0.15) is 10.6 Å². The largest absolute Gasteiger partial charge is 0.341 e. The number of rotatable bonds is 5. The number of amides is 1. The van der Waals surface area contributed by atoms with E-state index in [4.69, 9.17) is 0 Å². The van der Waals surface area contributed by atoms with Crippen LogP contribution in [-0.2, 0) is 26.7 Å². The fourth-order valence-corrected chi connectivity index (χ4v) is 3.74. The minimum absolute atomic E-state index is 0.0701. The van der Waals surface area contributed by atoms with E-state index in [1.807, 2.05) is 52.8 Å². The van der Waals surface area contributed by atoms with E-state index in [2.05, 4.69) is 5.10 Å². The van der Waals surface area contributed by atoms with Crippen LogP contribution in [0.15, 0.2) is 35.5 Å². The zero-order chi connectivity index (χ0) is 19.7. The summed E-state index contributed by atoms with van der Waals surface area (Å²) in [7, 11) is -2.11. The molecule has 1 aromatic carbocycles. The second-order valence-corrected chi connectivity index (χ2v) is 9.72. The first-order valence-electron chi connectivity index (χ1n) is 8.48. The molecule has 1 amide bonds. The van der Waals surface area contributed by atoms with Crippen molar-refractivity contribution < 1.29 is 13.2 Å². The SMILES string of the molecule is Cc1ccc(CN(C)C(=O)CS(=O)(=O)c2cnn(C(C)(C)C)c2)c(C)c1. The van der Waals surface area contributed by atoms with Crippen LogP contribution in [0.3, 0.4) is 0 Å². The first-order valence-corrected chi connectivity index (χ1v) is 10.1. The summed E-state index contributed by atoms with van der Waals surface area (Å²) in [6.07, 6.45) is 2.78. The molecular weight excluding hydrogens is 350 g/mol. The quantitative estimate of drug-likeness (QED) is 0.803. The molecule has 0 fully saturated rings. The molecule has 0 saturated heterocycles. The molecule has 2 aromatic rings. The third-order valence-corrected chi connectivity index (χ3v) is 5.81. The first-order chi connectivity index (χ1) is 11.9. The molecule has 2 rings (SSSR count). The number of hydrogen-bond donors (Lipinski definition) is 0. The molecule has 0 unspecified atom stereocenters. The molecule has 26 heavy (non-hydrogen) atoms. The monoisotopic (exact) mass is 377 g/mol. The Bertz CT molecular complexity index is 908. The van der Waals surface area contributed by atoms with Gasteiger partial charge in [-0.2, -0.15) is 5.10 Å². The van der Waals surface area contributed by atoms with E-state index in [0.717, 1.165) is 16.7 Å². The summed E-state index contributed by atoms with van der Waals surface area (Å²) in [4.78, 5) is 14.0. The summed E-state index contributed by atoms with van der Waals surface area (Å²) in [5.41, 5.74) is 2.92. The minimum Gasteiger partial charge on any atom is -0.341 e. The number of benzene rings is 1. The molecule has 0 bridgehead atoms. The van der Waals surface area contributed by atoms with Crippen molar-refractivity contribution in [2.24, 2.45) is 0 Å². The summed E-state index contributed by atoms with van der Waals surface area (Å²) in [5, 5.41) is 4.11. The number of nitrogens with zero attached hydrogens (tertiary/aromatic N) is 3. The fourth-order valence-electron chi connectivity index (χ4n) is 2.56. The number of aryl methyl sites for hydroxylation is 2. The first kappa shape index (κ1) is 20.2. The van der Waals surface area contributed by atoms with Gasteiger partial charge in [-0.3, -0.25) is 9.48 Å². The molecule has 0 aliphatic rings. The third-order valence-electron chi connectivity index (χ3n) is 4.25. The lowest BCUT2D eigenvalue weighted by atomic mass is 10.1. The molecule has 6 nitrogen and oxygen atoms in total. The Labute approximate surface area is 155 Å². The van der Waals surface area contributed by atoms with Crippen molar-refractivity contribution in [3.63, 3.8) is 0 Å².